The van der Waals surface area contributed by atoms with Gasteiger partial charge in [0.2, 0.25) is 0 Å². The van der Waals surface area contributed by atoms with Crippen LogP contribution in [-0.4, -0.2) is 53.8 Å². The summed E-state index contributed by atoms with van der Waals surface area (Å²) in [5.74, 6) is 1.15. The van der Waals surface area contributed by atoms with Crippen LogP contribution in [0, 0.1) is 0 Å². The first-order valence-corrected chi connectivity index (χ1v) is 7.33. The predicted octanol–water partition coefficient (Wildman–Crippen LogP) is 1.30. The molecule has 0 radical (unpaired) electrons. The van der Waals surface area contributed by atoms with E-state index in [9.17, 15) is 9.90 Å². The highest BCUT2D eigenvalue weighted by molar-refractivity contribution is 7.98. The quantitative estimate of drug-likeness (QED) is 0.719. The van der Waals surface area contributed by atoms with Gasteiger partial charge in [0.15, 0.2) is 0 Å². The number of aliphatic hydroxyl groups is 1. The topological polar surface area (TPSA) is 52.6 Å². The van der Waals surface area contributed by atoms with Crippen LogP contribution in [0.1, 0.15) is 25.7 Å². The zero-order chi connectivity index (χ0) is 11.8. The van der Waals surface area contributed by atoms with Gasteiger partial charge in [0.1, 0.15) is 0 Å². The van der Waals surface area contributed by atoms with Crippen molar-refractivity contribution in [2.24, 2.45) is 0 Å². The fourth-order valence-electron chi connectivity index (χ4n) is 1.82. The molecule has 0 spiro atoms. The average molecular weight is 246 g/mol. The lowest BCUT2D eigenvalue weighted by Crippen LogP contribution is -2.47. The Morgan fingerprint density at radius 1 is 1.56 bits per heavy atom. The highest BCUT2D eigenvalue weighted by Crippen LogP contribution is 2.09. The largest absolute Gasteiger partial charge is 0.391 e. The maximum absolute atomic E-state index is 11.7. The lowest BCUT2D eigenvalue weighted by atomic mass is 10.1. The number of urea groups is 1. The zero-order valence-corrected chi connectivity index (χ0v) is 10.8. The molecule has 0 aromatic carbocycles. The van der Waals surface area contributed by atoms with Crippen LogP contribution in [-0.2, 0) is 0 Å². The number of hydrogen-bond acceptors (Lipinski definition) is 3. The van der Waals surface area contributed by atoms with E-state index < -0.39 is 0 Å². The molecule has 94 valence electrons. The number of amides is 2. The van der Waals surface area contributed by atoms with Gasteiger partial charge in [-0.3, -0.25) is 0 Å². The molecule has 1 aliphatic heterocycles. The van der Waals surface area contributed by atoms with E-state index in [0.717, 1.165) is 44.5 Å². The van der Waals surface area contributed by atoms with Gasteiger partial charge in [-0.25, -0.2) is 4.79 Å². The molecule has 1 unspecified atom stereocenters. The second kappa shape index (κ2) is 7.79. The summed E-state index contributed by atoms with van der Waals surface area (Å²) in [6, 6.07) is -0.0251. The summed E-state index contributed by atoms with van der Waals surface area (Å²) < 4.78 is 0. The number of nitrogens with one attached hydrogen (secondary N) is 1. The van der Waals surface area contributed by atoms with Crippen LogP contribution in [0.5, 0.6) is 0 Å². The number of carbonyl (C=O) groups excluding carboxylic acids is 1. The van der Waals surface area contributed by atoms with Crippen LogP contribution >= 0.6 is 11.8 Å². The average Bonchev–Trinajstić information content (AvgIpc) is 2.28. The van der Waals surface area contributed by atoms with Crippen molar-refractivity contribution in [1.29, 1.82) is 0 Å². The van der Waals surface area contributed by atoms with E-state index in [4.69, 9.17) is 0 Å². The summed E-state index contributed by atoms with van der Waals surface area (Å²) in [4.78, 5) is 13.4. The van der Waals surface area contributed by atoms with Crippen molar-refractivity contribution < 1.29 is 9.90 Å². The van der Waals surface area contributed by atoms with Gasteiger partial charge in [-0.05, 0) is 37.7 Å². The van der Waals surface area contributed by atoms with Crippen LogP contribution < -0.4 is 5.32 Å². The number of aliphatic hydroxyl groups excluding tert-OH is 1. The lowest BCUT2D eigenvalue weighted by molar-refractivity contribution is 0.0843. The molecule has 16 heavy (non-hydrogen) atoms. The van der Waals surface area contributed by atoms with E-state index in [-0.39, 0.29) is 12.1 Å². The number of hydrogen-bond donors (Lipinski definition) is 2. The Morgan fingerprint density at radius 2 is 2.38 bits per heavy atom. The number of carbonyl (C=O) groups is 1. The Bertz CT molecular complexity index is 214. The van der Waals surface area contributed by atoms with Gasteiger partial charge >= 0.3 is 6.03 Å². The molecule has 1 rings (SSSR count). The van der Waals surface area contributed by atoms with E-state index in [1.807, 2.05) is 11.8 Å². The number of nitrogens with zero attached hydrogens (tertiary/aromatic N) is 1. The Kier molecular flexibility index (Phi) is 6.64. The van der Waals surface area contributed by atoms with Crippen LogP contribution in [0.15, 0.2) is 0 Å². The van der Waals surface area contributed by atoms with Crippen LogP contribution in [0.3, 0.4) is 0 Å². The van der Waals surface area contributed by atoms with Gasteiger partial charge < -0.3 is 15.3 Å². The lowest BCUT2D eigenvalue weighted by Gasteiger charge is -2.30. The second-order valence-corrected chi connectivity index (χ2v) is 5.16. The Balaban J connectivity index is 2.09. The van der Waals surface area contributed by atoms with Crippen molar-refractivity contribution in [1.82, 2.24) is 10.2 Å². The minimum Gasteiger partial charge on any atom is -0.391 e. The minimum atomic E-state index is -0.337. The van der Waals surface area contributed by atoms with Gasteiger partial charge in [0, 0.05) is 19.6 Å². The Morgan fingerprint density at radius 3 is 3.06 bits per heavy atom. The first-order chi connectivity index (χ1) is 7.74. The van der Waals surface area contributed by atoms with Crippen LogP contribution in [0.2, 0.25) is 0 Å². The standard InChI is InChI=1S/C11H22N2O2S/c1-16-8-3-2-6-12-11(15)13-7-4-5-10(14)9-13/h10,14H,2-9H2,1H3,(H,12,15). The molecule has 1 atom stereocenters. The van der Waals surface area contributed by atoms with E-state index >= 15 is 0 Å². The smallest absolute Gasteiger partial charge is 0.317 e. The summed E-state index contributed by atoms with van der Waals surface area (Å²) in [7, 11) is 0. The van der Waals surface area contributed by atoms with Crippen molar-refractivity contribution in [3.05, 3.63) is 0 Å². The predicted molar refractivity (Wildman–Crippen MR) is 67.8 cm³/mol. The molecule has 0 aromatic rings. The number of piperidine rings is 1. The molecule has 1 aliphatic rings. The van der Waals surface area contributed by atoms with Crippen molar-refractivity contribution in [3.63, 3.8) is 0 Å². The first kappa shape index (κ1) is 13.6. The Labute approximate surface area is 102 Å². The third-order valence-corrected chi connectivity index (χ3v) is 3.43. The third kappa shape index (κ3) is 5.07. The highest BCUT2D eigenvalue weighted by Gasteiger charge is 2.21. The molecule has 1 saturated heterocycles. The van der Waals surface area contributed by atoms with Crippen molar-refractivity contribution in [3.8, 4) is 0 Å². The SMILES string of the molecule is CSCCCCNC(=O)N1CCCC(O)C1. The molecule has 1 fully saturated rings. The van der Waals surface area contributed by atoms with Gasteiger partial charge in [0.05, 0.1) is 6.10 Å². The van der Waals surface area contributed by atoms with E-state index in [0.29, 0.717) is 6.54 Å². The molecule has 0 bridgehead atoms. The van der Waals surface area contributed by atoms with Crippen molar-refractivity contribution in [2.75, 3.05) is 31.6 Å². The molecular weight excluding hydrogens is 224 g/mol. The zero-order valence-electron chi connectivity index (χ0n) is 9.95. The number of likely N-dealkylation sites (tertiary alicyclic amines) is 1. The van der Waals surface area contributed by atoms with Gasteiger partial charge in [0.25, 0.3) is 0 Å². The summed E-state index contributed by atoms with van der Waals surface area (Å²) in [5.41, 5.74) is 0. The fraction of sp³-hybridized carbons (Fsp3) is 0.909. The van der Waals surface area contributed by atoms with Crippen LogP contribution in [0.4, 0.5) is 4.79 Å². The molecular formula is C11H22N2O2S. The molecule has 0 aliphatic carbocycles. The maximum Gasteiger partial charge on any atom is 0.317 e. The summed E-state index contributed by atoms with van der Waals surface area (Å²) in [5, 5.41) is 12.3. The molecule has 0 aromatic heterocycles. The first-order valence-electron chi connectivity index (χ1n) is 5.94. The summed E-state index contributed by atoms with van der Waals surface area (Å²) in [6.45, 7) is 2.00. The molecule has 5 heteroatoms. The number of β-amino-alcohol motifs (C(OH)–C–C–N with tert-alkyl or cyclic N) is 1. The van der Waals surface area contributed by atoms with Gasteiger partial charge in [-0.2, -0.15) is 11.8 Å². The molecule has 1 heterocycles. The molecule has 2 N–H and O–H groups in total. The number of rotatable bonds is 5. The fourth-order valence-corrected chi connectivity index (χ4v) is 2.31. The van der Waals surface area contributed by atoms with E-state index in [1.54, 1.807) is 4.90 Å². The molecule has 4 nitrogen and oxygen atoms in total. The number of unbranched alkanes of at least 4 members (excludes halogenated alkanes) is 1. The number of thioether (sulfide) groups is 1. The molecule has 2 amide bonds. The summed E-state index contributed by atoms with van der Waals surface area (Å²) in [6.07, 6.45) is 5.65. The van der Waals surface area contributed by atoms with Crippen molar-refractivity contribution >= 4 is 17.8 Å². The third-order valence-electron chi connectivity index (χ3n) is 2.74. The second-order valence-electron chi connectivity index (χ2n) is 4.17. The molecule has 0 saturated carbocycles. The van der Waals surface area contributed by atoms with Gasteiger partial charge in [-0.1, -0.05) is 0 Å². The normalized spacial score (nSPS) is 20.9. The van der Waals surface area contributed by atoms with Crippen LogP contribution in [0.25, 0.3) is 0 Å². The summed E-state index contributed by atoms with van der Waals surface area (Å²) >= 11 is 1.83. The highest BCUT2D eigenvalue weighted by atomic mass is 32.2. The Hall–Kier alpha value is -0.420. The monoisotopic (exact) mass is 246 g/mol. The van der Waals surface area contributed by atoms with E-state index in [2.05, 4.69) is 11.6 Å². The minimum absolute atomic E-state index is 0.0251. The van der Waals surface area contributed by atoms with Crippen molar-refractivity contribution in [2.45, 2.75) is 31.8 Å². The maximum atomic E-state index is 11.7. The van der Waals surface area contributed by atoms with Gasteiger partial charge in [-0.15, -0.1) is 0 Å². The van der Waals surface area contributed by atoms with E-state index in [1.165, 1.54) is 0 Å².